The number of carbonyl (C=O) groups is 1. The number of likely N-dealkylation sites (tertiary alicyclic amines) is 1. The van der Waals surface area contributed by atoms with E-state index in [1.54, 1.807) is 19.2 Å². The highest BCUT2D eigenvalue weighted by Crippen LogP contribution is 2.37. The van der Waals surface area contributed by atoms with Crippen LogP contribution < -0.4 is 15.4 Å². The van der Waals surface area contributed by atoms with Crippen LogP contribution in [0.15, 0.2) is 48.7 Å². The van der Waals surface area contributed by atoms with Crippen LogP contribution in [0.5, 0.6) is 5.75 Å². The number of nitrogens with one attached hydrogen (secondary N) is 2. The molecule has 1 amide bonds. The van der Waals surface area contributed by atoms with Crippen molar-refractivity contribution in [2.75, 3.05) is 32.6 Å². The zero-order chi connectivity index (χ0) is 28.5. The lowest BCUT2D eigenvalue weighted by Crippen LogP contribution is -2.43. The van der Waals surface area contributed by atoms with Gasteiger partial charge in [-0.05, 0) is 81.2 Å². The topological polar surface area (TPSA) is 97.2 Å². The van der Waals surface area contributed by atoms with Gasteiger partial charge >= 0.3 is 0 Å². The average Bonchev–Trinajstić information content (AvgIpc) is 3.30. The predicted molar refractivity (Wildman–Crippen MR) is 160 cm³/mol. The number of benzene rings is 2. The minimum absolute atomic E-state index is 0.0930. The number of aromatic nitrogens is 4. The molecule has 0 bridgehead atoms. The van der Waals surface area contributed by atoms with Gasteiger partial charge in [0.2, 0.25) is 5.95 Å². The Balaban J connectivity index is 1.25. The van der Waals surface area contributed by atoms with Crippen molar-refractivity contribution in [2.45, 2.75) is 38.1 Å². The van der Waals surface area contributed by atoms with Crippen molar-refractivity contribution in [3.05, 3.63) is 81.8 Å². The predicted octanol–water partition coefficient (Wildman–Crippen LogP) is 4.80. The number of ether oxygens (including phenoxy) is 1. The van der Waals surface area contributed by atoms with Crippen LogP contribution in [-0.2, 0) is 26.3 Å². The van der Waals surface area contributed by atoms with Gasteiger partial charge < -0.3 is 20.3 Å². The molecule has 0 spiro atoms. The monoisotopic (exact) mass is 571 g/mol. The highest BCUT2D eigenvalue weighted by Gasteiger charge is 2.27. The van der Waals surface area contributed by atoms with E-state index in [9.17, 15) is 4.79 Å². The Morgan fingerprint density at radius 2 is 1.93 bits per heavy atom. The van der Waals surface area contributed by atoms with Crippen molar-refractivity contribution >= 4 is 29.1 Å². The van der Waals surface area contributed by atoms with Crippen LogP contribution in [0.2, 0.25) is 5.02 Å². The first-order valence-electron chi connectivity index (χ1n) is 14.0. The van der Waals surface area contributed by atoms with E-state index in [2.05, 4.69) is 27.6 Å². The summed E-state index contributed by atoms with van der Waals surface area (Å²) in [5, 5.41) is 12.0. The molecule has 2 aromatic heterocycles. The lowest BCUT2D eigenvalue weighted by Gasteiger charge is -2.29. The van der Waals surface area contributed by atoms with Crippen LogP contribution in [0.25, 0.3) is 11.3 Å². The summed E-state index contributed by atoms with van der Waals surface area (Å²) in [4.78, 5) is 24.8. The lowest BCUT2D eigenvalue weighted by molar-refractivity contribution is 0.0916. The fourth-order valence-electron chi connectivity index (χ4n) is 5.69. The first kappa shape index (κ1) is 27.2. The summed E-state index contributed by atoms with van der Waals surface area (Å²) in [6.07, 6.45) is 6.11. The molecule has 2 aromatic carbocycles. The van der Waals surface area contributed by atoms with Crippen LogP contribution in [0.1, 0.15) is 45.7 Å². The summed E-state index contributed by atoms with van der Waals surface area (Å²) >= 11 is 6.50. The summed E-state index contributed by atoms with van der Waals surface area (Å²) in [6, 6.07) is 13.5. The van der Waals surface area contributed by atoms with E-state index < -0.39 is 0 Å². The smallest absolute Gasteiger partial charge is 0.251 e. The highest BCUT2D eigenvalue weighted by atomic mass is 35.5. The van der Waals surface area contributed by atoms with Crippen molar-refractivity contribution in [2.24, 2.45) is 7.05 Å². The normalized spacial score (nSPS) is 15.2. The van der Waals surface area contributed by atoms with Gasteiger partial charge in [-0.1, -0.05) is 29.8 Å². The fraction of sp³-hybridized carbons (Fsp3) is 0.355. The molecule has 2 N–H and O–H groups in total. The van der Waals surface area contributed by atoms with Crippen molar-refractivity contribution < 1.29 is 9.53 Å². The molecule has 9 nitrogen and oxygen atoms in total. The van der Waals surface area contributed by atoms with E-state index in [1.165, 1.54) is 0 Å². The second kappa shape index (κ2) is 11.5. The second-order valence-electron chi connectivity index (χ2n) is 10.8. The van der Waals surface area contributed by atoms with Gasteiger partial charge in [0.1, 0.15) is 5.75 Å². The molecule has 10 heteroatoms. The summed E-state index contributed by atoms with van der Waals surface area (Å²) in [6.45, 7) is 1.97. The van der Waals surface area contributed by atoms with Crippen LogP contribution in [0.4, 0.5) is 11.6 Å². The minimum atomic E-state index is -0.0930. The molecule has 0 saturated carbocycles. The molecule has 1 aliphatic heterocycles. The maximum Gasteiger partial charge on any atom is 0.251 e. The van der Waals surface area contributed by atoms with Gasteiger partial charge in [0.05, 0.1) is 29.9 Å². The molecule has 6 rings (SSSR count). The largest absolute Gasteiger partial charge is 0.495 e. The van der Waals surface area contributed by atoms with Crippen LogP contribution >= 0.6 is 11.6 Å². The number of nitrogens with zero attached hydrogens (tertiary/aromatic N) is 5. The first-order chi connectivity index (χ1) is 19.9. The Labute approximate surface area is 244 Å². The van der Waals surface area contributed by atoms with Crippen molar-refractivity contribution in [3.8, 4) is 17.0 Å². The molecule has 212 valence electrons. The Hall–Kier alpha value is -3.95. The third-order valence-electron chi connectivity index (χ3n) is 8.05. The Bertz CT molecular complexity index is 1590. The first-order valence-corrected chi connectivity index (χ1v) is 14.4. The molecule has 4 aromatic rings. The van der Waals surface area contributed by atoms with Crippen molar-refractivity contribution in [3.63, 3.8) is 0 Å². The third-order valence-corrected chi connectivity index (χ3v) is 8.42. The summed E-state index contributed by atoms with van der Waals surface area (Å²) in [5.41, 5.74) is 7.40. The number of halogens is 1. The molecule has 0 radical (unpaired) electrons. The molecular formula is C31H34ClN7O2. The van der Waals surface area contributed by atoms with Crippen molar-refractivity contribution in [1.82, 2.24) is 30.0 Å². The quantitative estimate of drug-likeness (QED) is 0.329. The molecule has 2 aliphatic rings. The molecule has 41 heavy (non-hydrogen) atoms. The molecule has 0 unspecified atom stereocenters. The molecule has 1 saturated heterocycles. The number of methoxy groups -OCH3 is 1. The molecule has 1 aliphatic carbocycles. The van der Waals surface area contributed by atoms with Gasteiger partial charge in [-0.3, -0.25) is 9.48 Å². The molecule has 1 fully saturated rings. The maximum absolute atomic E-state index is 13.0. The number of anilines is 2. The van der Waals surface area contributed by atoms with Gasteiger partial charge in [-0.25, -0.2) is 9.97 Å². The number of hydrogen-bond donors (Lipinski definition) is 2. The number of piperidine rings is 1. The van der Waals surface area contributed by atoms with Crippen LogP contribution in [0.3, 0.4) is 0 Å². The van der Waals surface area contributed by atoms with E-state index in [0.29, 0.717) is 29.4 Å². The van der Waals surface area contributed by atoms with Gasteiger partial charge in [0.25, 0.3) is 5.91 Å². The Morgan fingerprint density at radius 1 is 1.12 bits per heavy atom. The number of rotatable bonds is 7. The van der Waals surface area contributed by atoms with Gasteiger partial charge in [0.15, 0.2) is 0 Å². The van der Waals surface area contributed by atoms with E-state index in [1.807, 2.05) is 48.3 Å². The molecule has 3 heterocycles. The second-order valence-corrected chi connectivity index (χ2v) is 11.2. The van der Waals surface area contributed by atoms with E-state index in [4.69, 9.17) is 26.4 Å². The Kier molecular flexibility index (Phi) is 7.64. The van der Waals surface area contributed by atoms with Crippen molar-refractivity contribution in [1.29, 1.82) is 0 Å². The maximum atomic E-state index is 13.0. The number of fused-ring (bicyclic) bond motifs is 3. The van der Waals surface area contributed by atoms with E-state index >= 15 is 0 Å². The van der Waals surface area contributed by atoms with E-state index in [-0.39, 0.29) is 11.9 Å². The Morgan fingerprint density at radius 3 is 2.71 bits per heavy atom. The zero-order valence-corrected chi connectivity index (χ0v) is 24.3. The van der Waals surface area contributed by atoms with Gasteiger partial charge in [0, 0.05) is 41.9 Å². The van der Waals surface area contributed by atoms with Crippen LogP contribution in [0, 0.1) is 0 Å². The number of hydrogen-bond acceptors (Lipinski definition) is 7. The standard InChI is InChI=1S/C31H34ClN7O2/c1-38-14-12-22(13-15-38)34-30(40)20-8-10-24(27(17-20)41-3)35-31-33-18-21-9-11-25-28(29(21)36-31)26(39(2)37-25)16-19-6-4-5-7-23(19)32/h4-8,10,17-18,22H,9,11-16H2,1-3H3,(H,34,40)(H,33,35,36). The van der Waals surface area contributed by atoms with Gasteiger partial charge in [-0.2, -0.15) is 5.10 Å². The third kappa shape index (κ3) is 5.64. The molecule has 0 atom stereocenters. The fourth-order valence-corrected chi connectivity index (χ4v) is 5.89. The number of amides is 1. The summed E-state index contributed by atoms with van der Waals surface area (Å²) < 4.78 is 7.59. The highest BCUT2D eigenvalue weighted by molar-refractivity contribution is 6.31. The van der Waals surface area contributed by atoms with Crippen LogP contribution in [-0.4, -0.2) is 63.8 Å². The number of aryl methyl sites for hydroxylation is 3. The average molecular weight is 572 g/mol. The molecular weight excluding hydrogens is 538 g/mol. The lowest BCUT2D eigenvalue weighted by atomic mass is 9.91. The zero-order valence-electron chi connectivity index (χ0n) is 23.6. The van der Waals surface area contributed by atoms with Gasteiger partial charge in [-0.15, -0.1) is 0 Å². The van der Waals surface area contributed by atoms with E-state index in [0.717, 1.165) is 77.6 Å². The number of carbonyl (C=O) groups excluding carboxylic acids is 1. The minimum Gasteiger partial charge on any atom is -0.495 e. The summed E-state index contributed by atoms with van der Waals surface area (Å²) in [7, 11) is 5.67. The summed E-state index contributed by atoms with van der Waals surface area (Å²) in [5.74, 6) is 0.902. The SMILES string of the molecule is COc1cc(C(=O)NC2CCN(C)CC2)ccc1Nc1ncc2c(n1)-c1c(nn(C)c1Cc1ccccc1Cl)CC2.